The van der Waals surface area contributed by atoms with Gasteiger partial charge in [-0.2, -0.15) is 0 Å². The maximum absolute atomic E-state index is 13.2. The van der Waals surface area contributed by atoms with Crippen LogP contribution in [0.2, 0.25) is 0 Å². The van der Waals surface area contributed by atoms with E-state index in [9.17, 15) is 9.59 Å². The second kappa shape index (κ2) is 8.41. The van der Waals surface area contributed by atoms with Crippen LogP contribution in [0.25, 0.3) is 11.1 Å². The van der Waals surface area contributed by atoms with Crippen molar-refractivity contribution >= 4 is 23.3 Å². The molecule has 0 radical (unpaired) electrons. The third kappa shape index (κ3) is 3.92. The first kappa shape index (κ1) is 19.7. The molecule has 5 heteroatoms. The van der Waals surface area contributed by atoms with Gasteiger partial charge in [-0.1, -0.05) is 66.2 Å². The third-order valence-electron chi connectivity index (χ3n) is 5.50. The van der Waals surface area contributed by atoms with Gasteiger partial charge >= 0.3 is 6.03 Å². The molecule has 3 amide bonds. The van der Waals surface area contributed by atoms with E-state index in [1.807, 2.05) is 85.8 Å². The lowest BCUT2D eigenvalue weighted by Gasteiger charge is -2.39. The highest BCUT2D eigenvalue weighted by Crippen LogP contribution is 2.32. The molecule has 0 spiro atoms. The Hall–Kier alpha value is -3.60. The van der Waals surface area contributed by atoms with E-state index in [0.717, 1.165) is 28.1 Å². The molecule has 1 unspecified atom stereocenters. The second-order valence-corrected chi connectivity index (χ2v) is 7.54. The third-order valence-corrected chi connectivity index (χ3v) is 5.50. The van der Waals surface area contributed by atoms with Crippen LogP contribution in [0.5, 0.6) is 0 Å². The van der Waals surface area contributed by atoms with E-state index < -0.39 is 6.04 Å². The van der Waals surface area contributed by atoms with Crippen molar-refractivity contribution in [3.63, 3.8) is 0 Å². The molecule has 152 valence electrons. The molecule has 1 aliphatic rings. The van der Waals surface area contributed by atoms with Gasteiger partial charge in [0.05, 0.1) is 5.69 Å². The summed E-state index contributed by atoms with van der Waals surface area (Å²) in [6, 6.07) is 24.8. The number of nitrogens with zero attached hydrogens (tertiary/aromatic N) is 2. The molecule has 3 aromatic rings. The van der Waals surface area contributed by atoms with Crippen molar-refractivity contribution in [1.82, 2.24) is 4.90 Å². The lowest BCUT2D eigenvalue weighted by molar-refractivity contribution is -0.123. The van der Waals surface area contributed by atoms with Crippen LogP contribution in [-0.2, 0) is 4.79 Å². The minimum Gasteiger partial charge on any atom is -0.311 e. The maximum Gasteiger partial charge on any atom is 0.322 e. The zero-order valence-electron chi connectivity index (χ0n) is 17.2. The summed E-state index contributed by atoms with van der Waals surface area (Å²) in [6.07, 6.45) is 0. The first-order valence-electron chi connectivity index (χ1n) is 10.1. The normalized spacial score (nSPS) is 16.5. The number of amides is 3. The molecule has 30 heavy (non-hydrogen) atoms. The standard InChI is InChI=1S/C25H25N3O2/c1-18-12-14-21(15-13-18)26-25(30)27-16-17-28(24(29)19(27)2)23-11-7-6-10-22(23)20-8-4-3-5-9-20/h3-15,19H,16-17H2,1-2H3,(H,26,30). The fraction of sp³-hybridized carbons (Fsp3) is 0.200. The van der Waals surface area contributed by atoms with Crippen LogP contribution in [-0.4, -0.2) is 36.0 Å². The van der Waals surface area contributed by atoms with E-state index in [1.54, 1.807) is 16.7 Å². The quantitative estimate of drug-likeness (QED) is 0.679. The Kier molecular flexibility index (Phi) is 5.53. The number of hydrogen-bond donors (Lipinski definition) is 1. The monoisotopic (exact) mass is 399 g/mol. The van der Waals surface area contributed by atoms with Gasteiger partial charge in [-0.3, -0.25) is 4.79 Å². The number of carbonyl (C=O) groups excluding carboxylic acids is 2. The van der Waals surface area contributed by atoms with Crippen molar-refractivity contribution in [2.24, 2.45) is 0 Å². The highest BCUT2D eigenvalue weighted by atomic mass is 16.2. The van der Waals surface area contributed by atoms with Crippen molar-refractivity contribution in [1.29, 1.82) is 0 Å². The number of rotatable bonds is 3. The van der Waals surface area contributed by atoms with E-state index >= 15 is 0 Å². The van der Waals surface area contributed by atoms with Gasteiger partial charge in [0, 0.05) is 24.3 Å². The van der Waals surface area contributed by atoms with Gasteiger partial charge < -0.3 is 15.1 Å². The Morgan fingerprint density at radius 3 is 2.30 bits per heavy atom. The minimum atomic E-state index is -0.548. The zero-order valence-corrected chi connectivity index (χ0v) is 17.2. The minimum absolute atomic E-state index is 0.0799. The highest BCUT2D eigenvalue weighted by Gasteiger charge is 2.35. The summed E-state index contributed by atoms with van der Waals surface area (Å²) in [4.78, 5) is 29.4. The molecule has 1 atom stereocenters. The highest BCUT2D eigenvalue weighted by molar-refractivity contribution is 6.04. The predicted molar refractivity (Wildman–Crippen MR) is 121 cm³/mol. The van der Waals surface area contributed by atoms with Gasteiger partial charge in [0.25, 0.3) is 0 Å². The maximum atomic E-state index is 13.2. The molecule has 0 saturated carbocycles. The topological polar surface area (TPSA) is 52.7 Å². The van der Waals surface area contributed by atoms with Crippen molar-refractivity contribution in [2.45, 2.75) is 19.9 Å². The predicted octanol–water partition coefficient (Wildman–Crippen LogP) is 4.93. The first-order valence-corrected chi connectivity index (χ1v) is 10.1. The van der Waals surface area contributed by atoms with Crippen LogP contribution in [0.15, 0.2) is 78.9 Å². The Morgan fingerprint density at radius 2 is 1.57 bits per heavy atom. The van der Waals surface area contributed by atoms with E-state index in [2.05, 4.69) is 5.32 Å². The molecule has 4 rings (SSSR count). The summed E-state index contributed by atoms with van der Waals surface area (Å²) in [5, 5.41) is 2.90. The van der Waals surface area contributed by atoms with Crippen LogP contribution in [0.1, 0.15) is 12.5 Å². The number of piperazine rings is 1. The van der Waals surface area contributed by atoms with Crippen LogP contribution < -0.4 is 10.2 Å². The van der Waals surface area contributed by atoms with Crippen molar-refractivity contribution in [2.75, 3.05) is 23.3 Å². The number of benzene rings is 3. The number of nitrogens with one attached hydrogen (secondary N) is 1. The van der Waals surface area contributed by atoms with E-state index in [4.69, 9.17) is 0 Å². The molecular weight excluding hydrogens is 374 g/mol. The Morgan fingerprint density at radius 1 is 0.900 bits per heavy atom. The molecule has 1 aliphatic heterocycles. The van der Waals surface area contributed by atoms with Gasteiger partial charge in [-0.05, 0) is 37.6 Å². The Balaban J connectivity index is 1.53. The van der Waals surface area contributed by atoms with Crippen molar-refractivity contribution in [3.05, 3.63) is 84.4 Å². The van der Waals surface area contributed by atoms with Gasteiger partial charge in [0.1, 0.15) is 6.04 Å². The number of urea groups is 1. The number of hydrogen-bond acceptors (Lipinski definition) is 2. The van der Waals surface area contributed by atoms with Gasteiger partial charge in [0.15, 0.2) is 0 Å². The number of anilines is 2. The molecule has 5 nitrogen and oxygen atoms in total. The lowest BCUT2D eigenvalue weighted by atomic mass is 10.0. The van der Waals surface area contributed by atoms with Crippen molar-refractivity contribution in [3.8, 4) is 11.1 Å². The van der Waals surface area contributed by atoms with Gasteiger partial charge in [-0.15, -0.1) is 0 Å². The molecular formula is C25H25N3O2. The lowest BCUT2D eigenvalue weighted by Crippen LogP contribution is -2.58. The summed E-state index contributed by atoms with van der Waals surface area (Å²) in [6.45, 7) is 4.70. The smallest absolute Gasteiger partial charge is 0.311 e. The molecule has 0 aliphatic carbocycles. The van der Waals surface area contributed by atoms with Crippen molar-refractivity contribution < 1.29 is 9.59 Å². The molecule has 0 bridgehead atoms. The Bertz CT molecular complexity index is 1050. The average Bonchev–Trinajstić information content (AvgIpc) is 2.78. The van der Waals surface area contributed by atoms with E-state index in [1.165, 1.54) is 0 Å². The SMILES string of the molecule is Cc1ccc(NC(=O)N2CCN(c3ccccc3-c3ccccc3)C(=O)C2C)cc1. The van der Waals surface area contributed by atoms with Gasteiger partial charge in [0.2, 0.25) is 5.91 Å². The summed E-state index contributed by atoms with van der Waals surface area (Å²) >= 11 is 0. The van der Waals surface area contributed by atoms with Crippen LogP contribution >= 0.6 is 0 Å². The fourth-order valence-electron chi connectivity index (χ4n) is 3.79. The summed E-state index contributed by atoms with van der Waals surface area (Å²) in [5.74, 6) is -0.0799. The van der Waals surface area contributed by atoms with Crippen LogP contribution in [0.3, 0.4) is 0 Å². The number of aryl methyl sites for hydroxylation is 1. The molecule has 1 N–H and O–H groups in total. The second-order valence-electron chi connectivity index (χ2n) is 7.54. The summed E-state index contributed by atoms with van der Waals surface area (Å²) in [5.41, 5.74) is 4.80. The summed E-state index contributed by atoms with van der Waals surface area (Å²) < 4.78 is 0. The van der Waals surface area contributed by atoms with Crippen LogP contribution in [0.4, 0.5) is 16.2 Å². The van der Waals surface area contributed by atoms with E-state index in [-0.39, 0.29) is 11.9 Å². The van der Waals surface area contributed by atoms with Gasteiger partial charge in [-0.25, -0.2) is 4.79 Å². The number of para-hydroxylation sites is 1. The van der Waals surface area contributed by atoms with Crippen LogP contribution in [0, 0.1) is 6.92 Å². The molecule has 0 aromatic heterocycles. The average molecular weight is 399 g/mol. The first-order chi connectivity index (χ1) is 14.5. The van der Waals surface area contributed by atoms with E-state index in [0.29, 0.717) is 13.1 Å². The zero-order chi connectivity index (χ0) is 21.1. The largest absolute Gasteiger partial charge is 0.322 e. The molecule has 1 heterocycles. The Labute approximate surface area is 176 Å². The molecule has 1 fully saturated rings. The fourth-order valence-corrected chi connectivity index (χ4v) is 3.79. The summed E-state index contributed by atoms with van der Waals surface area (Å²) in [7, 11) is 0. The molecule has 3 aromatic carbocycles. The molecule has 1 saturated heterocycles. The number of carbonyl (C=O) groups is 2.